The highest BCUT2D eigenvalue weighted by molar-refractivity contribution is 5.23. The Morgan fingerprint density at radius 3 is 2.94 bits per heavy atom. The van der Waals surface area contributed by atoms with Crippen LogP contribution >= 0.6 is 0 Å². The minimum atomic E-state index is 0.724. The van der Waals surface area contributed by atoms with E-state index in [1.807, 2.05) is 18.5 Å². The first-order valence-electron chi connectivity index (χ1n) is 6.16. The van der Waals surface area contributed by atoms with Crippen LogP contribution in [0.2, 0.25) is 0 Å². The fourth-order valence-electron chi connectivity index (χ4n) is 3.50. The molecule has 3 rings (SSSR count). The highest BCUT2D eigenvalue weighted by Gasteiger charge is 2.45. The molecule has 84 valence electrons. The van der Waals surface area contributed by atoms with Crippen LogP contribution in [0, 0.1) is 0 Å². The maximum absolute atomic E-state index is 4.10. The predicted molar refractivity (Wildman–Crippen MR) is 65.3 cm³/mol. The molecule has 3 atom stereocenters. The van der Waals surface area contributed by atoms with E-state index in [4.69, 9.17) is 0 Å². The highest BCUT2D eigenvalue weighted by atomic mass is 15.2. The fraction of sp³-hybridized carbons (Fsp3) is 0.500. The lowest BCUT2D eigenvalue weighted by atomic mass is 9.84. The Hall–Kier alpha value is -1.15. The summed E-state index contributed by atoms with van der Waals surface area (Å²) < 4.78 is 0. The van der Waals surface area contributed by atoms with Gasteiger partial charge < -0.3 is 0 Å². The molecule has 16 heavy (non-hydrogen) atoms. The monoisotopic (exact) mass is 214 g/mol. The second kappa shape index (κ2) is 4.02. The molecule has 3 heterocycles. The first-order chi connectivity index (χ1) is 7.90. The van der Waals surface area contributed by atoms with Gasteiger partial charge in [-0.2, -0.15) is 0 Å². The summed E-state index contributed by atoms with van der Waals surface area (Å²) in [5.41, 5.74) is 1.47. The molecule has 2 aliphatic heterocycles. The lowest BCUT2D eigenvalue weighted by molar-refractivity contribution is 0.276. The summed E-state index contributed by atoms with van der Waals surface area (Å²) in [7, 11) is 0. The van der Waals surface area contributed by atoms with E-state index in [1.165, 1.54) is 24.8 Å². The molecule has 0 saturated carbocycles. The zero-order valence-corrected chi connectivity index (χ0v) is 9.55. The van der Waals surface area contributed by atoms with Gasteiger partial charge in [0.15, 0.2) is 0 Å². The smallest absolute Gasteiger partial charge is 0.0270 e. The van der Waals surface area contributed by atoms with Gasteiger partial charge in [-0.15, -0.1) is 6.58 Å². The van der Waals surface area contributed by atoms with Gasteiger partial charge in [-0.05, 0) is 37.0 Å². The van der Waals surface area contributed by atoms with E-state index in [9.17, 15) is 0 Å². The van der Waals surface area contributed by atoms with Crippen LogP contribution < -0.4 is 0 Å². The normalized spacial score (nSPS) is 33.1. The summed E-state index contributed by atoms with van der Waals surface area (Å²) in [6.45, 7) is 4.92. The molecule has 2 saturated heterocycles. The summed E-state index contributed by atoms with van der Waals surface area (Å²) in [4.78, 5) is 6.74. The number of aromatic nitrogens is 1. The third-order valence-electron chi connectivity index (χ3n) is 4.16. The number of hydrogen-bond acceptors (Lipinski definition) is 2. The number of fused-ring (bicyclic) bond motifs is 2. The van der Waals surface area contributed by atoms with Crippen molar-refractivity contribution in [1.29, 1.82) is 0 Å². The zero-order chi connectivity index (χ0) is 11.0. The lowest BCUT2D eigenvalue weighted by Crippen LogP contribution is -2.29. The van der Waals surface area contributed by atoms with Crippen molar-refractivity contribution < 1.29 is 0 Å². The fourth-order valence-corrected chi connectivity index (χ4v) is 3.50. The van der Waals surface area contributed by atoms with Gasteiger partial charge in [-0.3, -0.25) is 9.88 Å². The van der Waals surface area contributed by atoms with Gasteiger partial charge >= 0.3 is 0 Å². The standard InChI is InChI=1S/C14H18N2/c1-2-9-16-12-3-4-14(16)13(10-12)11-5-7-15-8-6-11/h2,5-8,12-14H,1,3-4,9-10H2. The molecule has 2 fully saturated rings. The number of pyridine rings is 1. The molecule has 0 N–H and O–H groups in total. The van der Waals surface area contributed by atoms with Crippen molar-refractivity contribution in [1.82, 2.24) is 9.88 Å². The summed E-state index contributed by atoms with van der Waals surface area (Å²) in [5.74, 6) is 0.724. The van der Waals surface area contributed by atoms with E-state index >= 15 is 0 Å². The van der Waals surface area contributed by atoms with Crippen molar-refractivity contribution in [2.24, 2.45) is 0 Å². The van der Waals surface area contributed by atoms with E-state index in [0.717, 1.165) is 24.5 Å². The maximum atomic E-state index is 4.10. The van der Waals surface area contributed by atoms with Crippen LogP contribution in [0.4, 0.5) is 0 Å². The van der Waals surface area contributed by atoms with Crippen LogP contribution in [-0.4, -0.2) is 28.5 Å². The molecule has 3 unspecified atom stereocenters. The zero-order valence-electron chi connectivity index (χ0n) is 9.55. The third kappa shape index (κ3) is 1.49. The Morgan fingerprint density at radius 2 is 2.19 bits per heavy atom. The number of hydrogen-bond donors (Lipinski definition) is 0. The molecule has 0 radical (unpaired) electrons. The van der Waals surface area contributed by atoms with Crippen LogP contribution in [0.3, 0.4) is 0 Å². The van der Waals surface area contributed by atoms with Gasteiger partial charge in [0, 0.05) is 36.9 Å². The van der Waals surface area contributed by atoms with Crippen molar-refractivity contribution in [3.63, 3.8) is 0 Å². The Balaban J connectivity index is 1.83. The van der Waals surface area contributed by atoms with Crippen molar-refractivity contribution in [2.45, 2.75) is 37.3 Å². The summed E-state index contributed by atoms with van der Waals surface area (Å²) in [6.07, 6.45) is 9.92. The summed E-state index contributed by atoms with van der Waals surface area (Å²) in [5, 5.41) is 0. The van der Waals surface area contributed by atoms with Crippen molar-refractivity contribution in [3.8, 4) is 0 Å². The number of rotatable bonds is 3. The van der Waals surface area contributed by atoms with Crippen molar-refractivity contribution in [3.05, 3.63) is 42.7 Å². The van der Waals surface area contributed by atoms with Gasteiger partial charge in [0.05, 0.1) is 0 Å². The van der Waals surface area contributed by atoms with Crippen LogP contribution in [0.5, 0.6) is 0 Å². The molecule has 1 aromatic rings. The van der Waals surface area contributed by atoms with Crippen molar-refractivity contribution in [2.75, 3.05) is 6.54 Å². The van der Waals surface area contributed by atoms with E-state index < -0.39 is 0 Å². The largest absolute Gasteiger partial charge is 0.293 e. The molecule has 0 spiro atoms. The second-order valence-electron chi connectivity index (χ2n) is 4.91. The summed E-state index contributed by atoms with van der Waals surface area (Å²) in [6, 6.07) is 5.89. The Kier molecular flexibility index (Phi) is 2.52. The Morgan fingerprint density at radius 1 is 1.38 bits per heavy atom. The van der Waals surface area contributed by atoms with Gasteiger partial charge in [-0.1, -0.05) is 6.08 Å². The van der Waals surface area contributed by atoms with Crippen LogP contribution in [0.15, 0.2) is 37.2 Å². The van der Waals surface area contributed by atoms with Gasteiger partial charge in [-0.25, -0.2) is 0 Å². The third-order valence-corrected chi connectivity index (χ3v) is 4.16. The predicted octanol–water partition coefficient (Wildman–Crippen LogP) is 2.59. The van der Waals surface area contributed by atoms with Gasteiger partial charge in [0.25, 0.3) is 0 Å². The first kappa shape index (κ1) is 10.0. The second-order valence-corrected chi connectivity index (χ2v) is 4.91. The average Bonchev–Trinajstić information content (AvgIpc) is 2.88. The Bertz CT molecular complexity index is 374. The molecule has 0 amide bonds. The quantitative estimate of drug-likeness (QED) is 0.719. The molecule has 0 aliphatic carbocycles. The van der Waals surface area contributed by atoms with E-state index in [2.05, 4.69) is 28.6 Å². The average molecular weight is 214 g/mol. The minimum absolute atomic E-state index is 0.724. The first-order valence-corrected chi connectivity index (χ1v) is 6.16. The maximum Gasteiger partial charge on any atom is 0.0270 e. The molecule has 2 nitrogen and oxygen atoms in total. The van der Waals surface area contributed by atoms with Gasteiger partial charge in [0.2, 0.25) is 0 Å². The molecule has 0 aromatic carbocycles. The molecular formula is C14H18N2. The SMILES string of the molecule is C=CCN1C2CCC1C(c1ccncc1)C2. The molecule has 2 bridgehead atoms. The van der Waals surface area contributed by atoms with Crippen LogP contribution in [0.25, 0.3) is 0 Å². The van der Waals surface area contributed by atoms with Crippen molar-refractivity contribution >= 4 is 0 Å². The Labute approximate surface area is 97.0 Å². The molecule has 1 aromatic heterocycles. The van der Waals surface area contributed by atoms with E-state index in [-0.39, 0.29) is 0 Å². The topological polar surface area (TPSA) is 16.1 Å². The minimum Gasteiger partial charge on any atom is -0.293 e. The van der Waals surface area contributed by atoms with E-state index in [1.54, 1.807) is 0 Å². The van der Waals surface area contributed by atoms with Crippen LogP contribution in [0.1, 0.15) is 30.7 Å². The van der Waals surface area contributed by atoms with Gasteiger partial charge in [0.1, 0.15) is 0 Å². The lowest BCUT2D eigenvalue weighted by Gasteiger charge is -2.23. The molecule has 2 heteroatoms. The number of nitrogens with zero attached hydrogens (tertiary/aromatic N) is 2. The molecular weight excluding hydrogens is 196 g/mol. The highest BCUT2D eigenvalue weighted by Crippen LogP contribution is 2.46. The summed E-state index contributed by atoms with van der Waals surface area (Å²) >= 11 is 0. The van der Waals surface area contributed by atoms with Crippen LogP contribution in [-0.2, 0) is 0 Å². The molecule has 2 aliphatic rings. The van der Waals surface area contributed by atoms with E-state index in [0.29, 0.717) is 0 Å².